The number of rotatable bonds is 7. The molecule has 26 heavy (non-hydrogen) atoms. The molecule has 1 fully saturated rings. The Labute approximate surface area is 164 Å². The lowest BCUT2D eigenvalue weighted by atomic mass is 10.1. The molecular weight excluding hydrogens is 371 g/mol. The van der Waals surface area contributed by atoms with E-state index in [2.05, 4.69) is 10.2 Å². The number of nitrogens with one attached hydrogen (secondary N) is 1. The van der Waals surface area contributed by atoms with E-state index in [1.165, 1.54) is 0 Å². The van der Waals surface area contributed by atoms with Crippen LogP contribution in [0, 0.1) is 0 Å². The first-order valence-corrected chi connectivity index (χ1v) is 9.38. The van der Waals surface area contributed by atoms with Gasteiger partial charge >= 0.3 is 0 Å². The van der Waals surface area contributed by atoms with Crippen LogP contribution in [-0.4, -0.2) is 30.0 Å². The van der Waals surface area contributed by atoms with Gasteiger partial charge in [-0.25, -0.2) is 0 Å². The van der Waals surface area contributed by atoms with Crippen LogP contribution < -0.4 is 10.1 Å². The topological polar surface area (TPSA) is 41.6 Å². The molecule has 138 valence electrons. The van der Waals surface area contributed by atoms with Crippen molar-refractivity contribution in [3.63, 3.8) is 0 Å². The Kier molecular flexibility index (Phi) is 6.07. The highest BCUT2D eigenvalue weighted by Crippen LogP contribution is 2.31. The van der Waals surface area contributed by atoms with Gasteiger partial charge in [0, 0.05) is 17.6 Å². The van der Waals surface area contributed by atoms with Crippen LogP contribution >= 0.6 is 23.2 Å². The molecule has 0 aromatic heterocycles. The van der Waals surface area contributed by atoms with Crippen molar-refractivity contribution in [2.45, 2.75) is 38.4 Å². The molecule has 2 aromatic rings. The van der Waals surface area contributed by atoms with Gasteiger partial charge in [-0.05, 0) is 55.7 Å². The summed E-state index contributed by atoms with van der Waals surface area (Å²) in [6.07, 6.45) is 2.23. The molecule has 4 nitrogen and oxygen atoms in total. The second-order valence-electron chi connectivity index (χ2n) is 6.54. The number of benzene rings is 2. The van der Waals surface area contributed by atoms with Crippen molar-refractivity contribution in [2.24, 2.45) is 0 Å². The minimum absolute atomic E-state index is 0.0884. The van der Waals surface area contributed by atoms with Crippen molar-refractivity contribution < 1.29 is 9.53 Å². The Balaban J connectivity index is 1.70. The number of nitrogens with zero attached hydrogens (tertiary/aromatic N) is 1. The standard InChI is InChI=1S/C20H22Cl2N2O2/c1-13(20(25)23-19-11-15(21)5-10-18(19)22)24(16-6-7-16)12-14-3-8-17(26-2)9-4-14/h3-5,8-11,13,16H,6-7,12H2,1-2H3,(H,23,25)/t13-/m1/s1. The number of anilines is 1. The molecule has 0 radical (unpaired) electrons. The van der Waals surface area contributed by atoms with Crippen molar-refractivity contribution in [1.82, 2.24) is 4.90 Å². The van der Waals surface area contributed by atoms with Gasteiger partial charge in [-0.2, -0.15) is 0 Å². The molecule has 0 unspecified atom stereocenters. The van der Waals surface area contributed by atoms with Crippen LogP contribution in [0.2, 0.25) is 10.0 Å². The van der Waals surface area contributed by atoms with E-state index in [9.17, 15) is 4.79 Å². The second-order valence-corrected chi connectivity index (χ2v) is 7.38. The minimum atomic E-state index is -0.278. The SMILES string of the molecule is COc1ccc(CN(C2CC2)[C@H](C)C(=O)Nc2cc(Cl)ccc2Cl)cc1. The van der Waals surface area contributed by atoms with Gasteiger partial charge in [0.25, 0.3) is 0 Å². The zero-order chi connectivity index (χ0) is 18.7. The van der Waals surface area contributed by atoms with Crippen LogP contribution in [0.4, 0.5) is 5.69 Å². The van der Waals surface area contributed by atoms with E-state index >= 15 is 0 Å². The molecule has 1 aliphatic carbocycles. The number of carbonyl (C=O) groups is 1. The number of methoxy groups -OCH3 is 1. The lowest BCUT2D eigenvalue weighted by Gasteiger charge is -2.28. The van der Waals surface area contributed by atoms with Crippen molar-refractivity contribution in [3.05, 3.63) is 58.1 Å². The van der Waals surface area contributed by atoms with Crippen LogP contribution in [0.1, 0.15) is 25.3 Å². The number of hydrogen-bond acceptors (Lipinski definition) is 3. The smallest absolute Gasteiger partial charge is 0.241 e. The van der Waals surface area contributed by atoms with Gasteiger partial charge in [0.15, 0.2) is 0 Å². The van der Waals surface area contributed by atoms with E-state index in [-0.39, 0.29) is 11.9 Å². The molecule has 1 N–H and O–H groups in total. The van der Waals surface area contributed by atoms with Crippen LogP contribution in [0.3, 0.4) is 0 Å². The first kappa shape index (κ1) is 19.0. The molecule has 1 aliphatic rings. The third-order valence-electron chi connectivity index (χ3n) is 4.60. The van der Waals surface area contributed by atoms with Gasteiger partial charge in [-0.15, -0.1) is 0 Å². The van der Waals surface area contributed by atoms with E-state index in [1.807, 2.05) is 31.2 Å². The highest BCUT2D eigenvalue weighted by Gasteiger charge is 2.35. The highest BCUT2D eigenvalue weighted by molar-refractivity contribution is 6.35. The average Bonchev–Trinajstić information content (AvgIpc) is 3.47. The van der Waals surface area contributed by atoms with Crippen LogP contribution in [-0.2, 0) is 11.3 Å². The highest BCUT2D eigenvalue weighted by atomic mass is 35.5. The molecule has 0 aliphatic heterocycles. The fraction of sp³-hybridized carbons (Fsp3) is 0.350. The number of amides is 1. The maximum atomic E-state index is 12.8. The van der Waals surface area contributed by atoms with Crippen molar-refractivity contribution in [3.8, 4) is 5.75 Å². The number of ether oxygens (including phenoxy) is 1. The average molecular weight is 393 g/mol. The Morgan fingerprint density at radius 1 is 1.23 bits per heavy atom. The Bertz CT molecular complexity index is 776. The zero-order valence-electron chi connectivity index (χ0n) is 14.8. The van der Waals surface area contributed by atoms with Crippen LogP contribution in [0.5, 0.6) is 5.75 Å². The summed E-state index contributed by atoms with van der Waals surface area (Å²) in [6, 6.07) is 13.2. The number of halogens is 2. The Hall–Kier alpha value is -1.75. The van der Waals surface area contributed by atoms with Crippen LogP contribution in [0.15, 0.2) is 42.5 Å². The second kappa shape index (κ2) is 8.30. The molecule has 2 aromatic carbocycles. The summed E-state index contributed by atoms with van der Waals surface area (Å²) in [5.74, 6) is 0.739. The maximum absolute atomic E-state index is 12.8. The maximum Gasteiger partial charge on any atom is 0.241 e. The zero-order valence-corrected chi connectivity index (χ0v) is 16.3. The molecule has 0 bridgehead atoms. The van der Waals surface area contributed by atoms with Gasteiger partial charge in [-0.3, -0.25) is 9.69 Å². The van der Waals surface area contributed by atoms with Crippen LogP contribution in [0.25, 0.3) is 0 Å². The monoisotopic (exact) mass is 392 g/mol. The summed E-state index contributed by atoms with van der Waals surface area (Å²) >= 11 is 12.2. The molecular formula is C20H22Cl2N2O2. The van der Waals surface area contributed by atoms with Gasteiger partial charge in [0.05, 0.1) is 23.9 Å². The van der Waals surface area contributed by atoms with Crippen molar-refractivity contribution >= 4 is 34.8 Å². The largest absolute Gasteiger partial charge is 0.497 e. The molecule has 0 spiro atoms. The number of carbonyl (C=O) groups excluding carboxylic acids is 1. The molecule has 0 saturated heterocycles. The summed E-state index contributed by atoms with van der Waals surface area (Å²) in [6.45, 7) is 2.64. The predicted molar refractivity (Wildman–Crippen MR) is 106 cm³/mol. The van der Waals surface area contributed by atoms with E-state index < -0.39 is 0 Å². The number of hydrogen-bond donors (Lipinski definition) is 1. The first-order valence-electron chi connectivity index (χ1n) is 8.62. The van der Waals surface area contributed by atoms with E-state index in [0.29, 0.717) is 28.3 Å². The Morgan fingerprint density at radius 2 is 1.92 bits per heavy atom. The quantitative estimate of drug-likeness (QED) is 0.720. The third kappa shape index (κ3) is 4.70. The predicted octanol–water partition coefficient (Wildman–Crippen LogP) is 4.99. The fourth-order valence-corrected chi connectivity index (χ4v) is 3.25. The van der Waals surface area contributed by atoms with E-state index in [1.54, 1.807) is 25.3 Å². The summed E-state index contributed by atoms with van der Waals surface area (Å²) in [5, 5.41) is 3.91. The molecule has 1 amide bonds. The molecule has 3 rings (SSSR count). The van der Waals surface area contributed by atoms with Gasteiger partial charge in [-0.1, -0.05) is 35.3 Å². The first-order chi connectivity index (χ1) is 12.5. The fourth-order valence-electron chi connectivity index (χ4n) is 2.91. The molecule has 1 saturated carbocycles. The third-order valence-corrected chi connectivity index (χ3v) is 5.17. The summed E-state index contributed by atoms with van der Waals surface area (Å²) in [4.78, 5) is 15.0. The lowest BCUT2D eigenvalue weighted by molar-refractivity contribution is -0.121. The van der Waals surface area contributed by atoms with E-state index in [0.717, 1.165) is 24.2 Å². The normalized spacial score (nSPS) is 15.0. The van der Waals surface area contributed by atoms with Crippen molar-refractivity contribution in [1.29, 1.82) is 0 Å². The van der Waals surface area contributed by atoms with Gasteiger partial charge in [0.2, 0.25) is 5.91 Å². The van der Waals surface area contributed by atoms with Gasteiger partial charge in [0.1, 0.15) is 5.75 Å². The molecule has 0 heterocycles. The van der Waals surface area contributed by atoms with Gasteiger partial charge < -0.3 is 10.1 Å². The summed E-state index contributed by atoms with van der Waals surface area (Å²) < 4.78 is 5.21. The van der Waals surface area contributed by atoms with E-state index in [4.69, 9.17) is 27.9 Å². The molecule has 6 heteroatoms. The summed E-state index contributed by atoms with van der Waals surface area (Å²) in [7, 11) is 1.65. The summed E-state index contributed by atoms with van der Waals surface area (Å²) in [5.41, 5.74) is 1.69. The lowest BCUT2D eigenvalue weighted by Crippen LogP contribution is -2.43. The van der Waals surface area contributed by atoms with Crippen molar-refractivity contribution in [2.75, 3.05) is 12.4 Å². The minimum Gasteiger partial charge on any atom is -0.497 e. The Morgan fingerprint density at radius 3 is 2.54 bits per heavy atom. The molecule has 1 atom stereocenters.